The van der Waals surface area contributed by atoms with Crippen molar-refractivity contribution in [1.82, 2.24) is 25.4 Å². The lowest BCUT2D eigenvalue weighted by molar-refractivity contribution is 0.504. The minimum absolute atomic E-state index is 0. The van der Waals surface area contributed by atoms with Gasteiger partial charge in [-0.05, 0) is 37.3 Å². The van der Waals surface area contributed by atoms with Crippen LogP contribution in [0.3, 0.4) is 0 Å². The average Bonchev–Trinajstić information content (AvgIpc) is 3.35. The summed E-state index contributed by atoms with van der Waals surface area (Å²) in [6.07, 6.45) is 5.87. The molecule has 27 heavy (non-hydrogen) atoms. The van der Waals surface area contributed by atoms with E-state index in [2.05, 4.69) is 70.6 Å². The van der Waals surface area contributed by atoms with Gasteiger partial charge in [-0.1, -0.05) is 34.1 Å². The number of guanidine groups is 1. The van der Waals surface area contributed by atoms with Gasteiger partial charge in [-0.25, -0.2) is 0 Å². The fourth-order valence-electron chi connectivity index (χ4n) is 3.72. The summed E-state index contributed by atoms with van der Waals surface area (Å²) < 4.78 is 3.44. The zero-order valence-corrected chi connectivity index (χ0v) is 19.5. The van der Waals surface area contributed by atoms with E-state index in [9.17, 15) is 0 Å². The number of fused-ring (bicyclic) bond motifs is 1. The third-order valence-corrected chi connectivity index (χ3v) is 6.16. The smallest absolute Gasteiger partial charge is 0.191 e. The zero-order chi connectivity index (χ0) is 18.0. The van der Waals surface area contributed by atoms with Gasteiger partial charge in [0.1, 0.15) is 5.82 Å². The standard InChI is InChI=1S/C19H25BrN6.HI/c1-21-18(22-12-17-25-24-16-8-4-5-11-26(16)17)23-13-19(9-10-19)14-6-2-3-7-15(14)20;/h2-3,6-7H,4-5,8-13H2,1H3,(H2,21,22,23);1H. The minimum Gasteiger partial charge on any atom is -0.356 e. The number of nitrogens with zero attached hydrogens (tertiary/aromatic N) is 4. The molecule has 2 N–H and O–H groups in total. The van der Waals surface area contributed by atoms with Gasteiger partial charge in [0.15, 0.2) is 11.8 Å². The predicted molar refractivity (Wildman–Crippen MR) is 122 cm³/mol. The lowest BCUT2D eigenvalue weighted by atomic mass is 9.96. The van der Waals surface area contributed by atoms with Gasteiger partial charge in [0.05, 0.1) is 6.54 Å². The third-order valence-electron chi connectivity index (χ3n) is 5.47. The molecule has 1 aliphatic carbocycles. The zero-order valence-electron chi connectivity index (χ0n) is 15.5. The van der Waals surface area contributed by atoms with Crippen molar-refractivity contribution in [2.75, 3.05) is 13.6 Å². The number of rotatable bonds is 5. The highest BCUT2D eigenvalue weighted by Crippen LogP contribution is 2.49. The molecule has 0 radical (unpaired) electrons. The Hall–Kier alpha value is -1.16. The van der Waals surface area contributed by atoms with E-state index in [0.717, 1.165) is 37.1 Å². The monoisotopic (exact) mass is 544 g/mol. The molecule has 146 valence electrons. The molecule has 2 aliphatic rings. The van der Waals surface area contributed by atoms with Crippen LogP contribution in [-0.4, -0.2) is 34.3 Å². The molecule has 2 heterocycles. The van der Waals surface area contributed by atoms with Crippen LogP contribution in [0.4, 0.5) is 0 Å². The van der Waals surface area contributed by atoms with E-state index in [-0.39, 0.29) is 29.4 Å². The fraction of sp³-hybridized carbons (Fsp3) is 0.526. The van der Waals surface area contributed by atoms with Crippen molar-refractivity contribution >= 4 is 45.9 Å². The Morgan fingerprint density at radius 1 is 1.22 bits per heavy atom. The van der Waals surface area contributed by atoms with Gasteiger partial charge in [0, 0.05) is 36.4 Å². The molecule has 1 aliphatic heterocycles. The second kappa shape index (κ2) is 8.89. The highest BCUT2D eigenvalue weighted by Gasteiger charge is 2.45. The van der Waals surface area contributed by atoms with Crippen LogP contribution >= 0.6 is 39.9 Å². The number of aromatic nitrogens is 3. The summed E-state index contributed by atoms with van der Waals surface area (Å²) in [5, 5.41) is 15.6. The molecule has 0 unspecified atom stereocenters. The molecule has 4 rings (SSSR count). The molecule has 2 aromatic rings. The fourth-order valence-corrected chi connectivity index (χ4v) is 4.42. The van der Waals surface area contributed by atoms with Gasteiger partial charge >= 0.3 is 0 Å². The summed E-state index contributed by atoms with van der Waals surface area (Å²) in [5.41, 5.74) is 1.60. The van der Waals surface area contributed by atoms with Crippen molar-refractivity contribution in [2.45, 2.75) is 50.6 Å². The van der Waals surface area contributed by atoms with Gasteiger partial charge in [-0.3, -0.25) is 4.99 Å². The van der Waals surface area contributed by atoms with Crippen LogP contribution in [0.2, 0.25) is 0 Å². The van der Waals surface area contributed by atoms with Crippen molar-refractivity contribution in [1.29, 1.82) is 0 Å². The normalized spacial score (nSPS) is 17.6. The molecule has 0 atom stereocenters. The van der Waals surface area contributed by atoms with Gasteiger partial charge in [-0.2, -0.15) is 0 Å². The van der Waals surface area contributed by atoms with Crippen molar-refractivity contribution in [2.24, 2.45) is 4.99 Å². The molecule has 0 bridgehead atoms. The number of hydrogen-bond acceptors (Lipinski definition) is 3. The van der Waals surface area contributed by atoms with Gasteiger partial charge in [0.2, 0.25) is 0 Å². The first-order chi connectivity index (χ1) is 12.7. The summed E-state index contributed by atoms with van der Waals surface area (Å²) in [4.78, 5) is 4.37. The molecular weight excluding hydrogens is 519 g/mol. The Morgan fingerprint density at radius 3 is 2.78 bits per heavy atom. The van der Waals surface area contributed by atoms with Crippen molar-refractivity contribution in [3.8, 4) is 0 Å². The Balaban J connectivity index is 0.00000210. The Labute approximate surface area is 185 Å². The van der Waals surface area contributed by atoms with Crippen molar-refractivity contribution in [3.05, 3.63) is 46.0 Å². The first-order valence-corrected chi connectivity index (χ1v) is 10.1. The summed E-state index contributed by atoms with van der Waals surface area (Å²) in [6.45, 7) is 2.55. The van der Waals surface area contributed by atoms with Crippen LogP contribution < -0.4 is 10.6 Å². The van der Waals surface area contributed by atoms with E-state index in [1.807, 2.05) is 7.05 Å². The highest BCUT2D eigenvalue weighted by molar-refractivity contribution is 14.0. The molecule has 1 saturated carbocycles. The first kappa shape index (κ1) is 20.6. The lowest BCUT2D eigenvalue weighted by Crippen LogP contribution is -2.41. The van der Waals surface area contributed by atoms with E-state index in [1.54, 1.807) is 0 Å². The van der Waals surface area contributed by atoms with Crippen LogP contribution in [-0.2, 0) is 24.9 Å². The van der Waals surface area contributed by atoms with Crippen LogP contribution in [0.1, 0.15) is 42.9 Å². The average molecular weight is 545 g/mol. The Bertz CT molecular complexity index is 814. The lowest BCUT2D eigenvalue weighted by Gasteiger charge is -2.20. The van der Waals surface area contributed by atoms with E-state index >= 15 is 0 Å². The maximum Gasteiger partial charge on any atom is 0.191 e. The Kier molecular flexibility index (Phi) is 6.78. The predicted octanol–water partition coefficient (Wildman–Crippen LogP) is 3.39. The largest absolute Gasteiger partial charge is 0.356 e. The molecule has 1 aromatic carbocycles. The molecule has 0 amide bonds. The molecule has 0 spiro atoms. The number of aryl methyl sites for hydroxylation is 1. The van der Waals surface area contributed by atoms with E-state index < -0.39 is 0 Å². The van der Waals surface area contributed by atoms with Crippen LogP contribution in [0.15, 0.2) is 33.7 Å². The van der Waals surface area contributed by atoms with Gasteiger partial charge in [0.25, 0.3) is 0 Å². The third kappa shape index (κ3) is 4.47. The molecule has 1 aromatic heterocycles. The summed E-state index contributed by atoms with van der Waals surface area (Å²) in [6, 6.07) is 8.52. The molecule has 0 saturated heterocycles. The number of aliphatic imine (C=N–C) groups is 1. The van der Waals surface area contributed by atoms with Gasteiger partial charge in [-0.15, -0.1) is 34.2 Å². The van der Waals surface area contributed by atoms with Gasteiger partial charge < -0.3 is 15.2 Å². The Morgan fingerprint density at radius 2 is 2.04 bits per heavy atom. The van der Waals surface area contributed by atoms with Crippen molar-refractivity contribution < 1.29 is 0 Å². The number of halogens is 2. The number of hydrogen-bond donors (Lipinski definition) is 2. The summed E-state index contributed by atoms with van der Waals surface area (Å²) in [5.74, 6) is 2.92. The molecule has 8 heteroatoms. The van der Waals surface area contributed by atoms with E-state index in [1.165, 1.54) is 35.7 Å². The maximum absolute atomic E-state index is 4.37. The highest BCUT2D eigenvalue weighted by atomic mass is 127. The maximum atomic E-state index is 4.37. The SMILES string of the molecule is CN=C(NCc1nnc2n1CCCC2)NCC1(c2ccccc2Br)CC1.I. The van der Waals surface area contributed by atoms with Crippen LogP contribution in [0, 0.1) is 0 Å². The second-order valence-electron chi connectivity index (χ2n) is 7.18. The molecule has 1 fully saturated rings. The van der Waals surface area contributed by atoms with Crippen LogP contribution in [0.25, 0.3) is 0 Å². The van der Waals surface area contributed by atoms with Crippen LogP contribution in [0.5, 0.6) is 0 Å². The van der Waals surface area contributed by atoms with E-state index in [0.29, 0.717) is 6.54 Å². The quantitative estimate of drug-likeness (QED) is 0.344. The molecular formula is C19H26BrIN6. The van der Waals surface area contributed by atoms with Crippen molar-refractivity contribution in [3.63, 3.8) is 0 Å². The minimum atomic E-state index is 0. The number of benzene rings is 1. The molecule has 6 nitrogen and oxygen atoms in total. The number of nitrogens with one attached hydrogen (secondary N) is 2. The second-order valence-corrected chi connectivity index (χ2v) is 8.04. The summed E-state index contributed by atoms with van der Waals surface area (Å²) in [7, 11) is 1.81. The topological polar surface area (TPSA) is 67.1 Å². The first-order valence-electron chi connectivity index (χ1n) is 9.32. The summed E-state index contributed by atoms with van der Waals surface area (Å²) >= 11 is 3.70. The van der Waals surface area contributed by atoms with E-state index in [4.69, 9.17) is 0 Å².